The summed E-state index contributed by atoms with van der Waals surface area (Å²) in [6, 6.07) is 23.6. The molecule has 0 atom stereocenters. The zero-order valence-electron chi connectivity index (χ0n) is 15.6. The molecule has 0 aliphatic rings. The molecular formula is C23H21NO4. The van der Waals surface area contributed by atoms with E-state index in [4.69, 9.17) is 9.47 Å². The van der Waals surface area contributed by atoms with E-state index in [0.717, 1.165) is 5.56 Å². The molecule has 0 spiro atoms. The molecule has 0 saturated heterocycles. The molecule has 3 rings (SSSR count). The number of rotatable bonds is 8. The molecule has 0 aliphatic carbocycles. The summed E-state index contributed by atoms with van der Waals surface area (Å²) in [5, 5.41) is 2.71. The topological polar surface area (TPSA) is 64.6 Å². The van der Waals surface area contributed by atoms with E-state index < -0.39 is 0 Å². The first-order valence-corrected chi connectivity index (χ1v) is 8.88. The number of Topliss-reactive ketones (excluding diaryl/α,β-unsaturated/α-hetero) is 1. The number of methoxy groups -OCH3 is 1. The maximum atomic E-state index is 12.5. The number of benzene rings is 3. The summed E-state index contributed by atoms with van der Waals surface area (Å²) in [6.45, 7) is 0.412. The molecule has 0 fully saturated rings. The largest absolute Gasteiger partial charge is 0.497 e. The first-order valence-electron chi connectivity index (χ1n) is 8.88. The van der Waals surface area contributed by atoms with Crippen LogP contribution in [0.15, 0.2) is 78.9 Å². The molecule has 0 heterocycles. The van der Waals surface area contributed by atoms with Crippen LogP contribution in [0.2, 0.25) is 0 Å². The van der Waals surface area contributed by atoms with Gasteiger partial charge < -0.3 is 14.8 Å². The van der Waals surface area contributed by atoms with Gasteiger partial charge in [-0.25, -0.2) is 0 Å². The highest BCUT2D eigenvalue weighted by Gasteiger charge is 2.13. The Morgan fingerprint density at radius 2 is 1.61 bits per heavy atom. The Kier molecular flexibility index (Phi) is 6.41. The van der Waals surface area contributed by atoms with E-state index >= 15 is 0 Å². The molecule has 3 aromatic rings. The van der Waals surface area contributed by atoms with E-state index in [2.05, 4.69) is 5.32 Å². The predicted octanol–water partition coefficient (Wildman–Crippen LogP) is 4.49. The fourth-order valence-corrected chi connectivity index (χ4v) is 2.65. The van der Waals surface area contributed by atoms with E-state index in [1.165, 1.54) is 0 Å². The van der Waals surface area contributed by atoms with Crippen molar-refractivity contribution in [1.29, 1.82) is 0 Å². The van der Waals surface area contributed by atoms with Crippen molar-refractivity contribution in [3.8, 4) is 11.5 Å². The Balaban J connectivity index is 1.58. The van der Waals surface area contributed by atoms with Crippen LogP contribution in [0.25, 0.3) is 0 Å². The molecule has 3 aromatic carbocycles. The molecule has 1 N–H and O–H groups in total. The van der Waals surface area contributed by atoms with Crippen molar-refractivity contribution in [2.45, 2.75) is 13.0 Å². The minimum absolute atomic E-state index is 0.251. The molecule has 0 radical (unpaired) electrons. The van der Waals surface area contributed by atoms with Crippen molar-refractivity contribution in [2.75, 3.05) is 12.4 Å². The van der Waals surface area contributed by atoms with Crippen LogP contribution < -0.4 is 14.8 Å². The van der Waals surface area contributed by atoms with Crippen LogP contribution in [0.3, 0.4) is 0 Å². The Morgan fingerprint density at radius 3 is 2.39 bits per heavy atom. The number of amides is 1. The van der Waals surface area contributed by atoms with Crippen molar-refractivity contribution in [3.05, 3.63) is 90.0 Å². The van der Waals surface area contributed by atoms with Gasteiger partial charge in [-0.05, 0) is 29.8 Å². The van der Waals surface area contributed by atoms with Gasteiger partial charge in [0.25, 0.3) is 0 Å². The molecule has 0 aromatic heterocycles. The monoisotopic (exact) mass is 375 g/mol. The normalized spacial score (nSPS) is 10.2. The quantitative estimate of drug-likeness (QED) is 0.465. The van der Waals surface area contributed by atoms with Crippen LogP contribution in [0.5, 0.6) is 11.5 Å². The molecule has 0 saturated carbocycles. The fraction of sp³-hybridized carbons (Fsp3) is 0.130. The number of hydrogen-bond acceptors (Lipinski definition) is 4. The first kappa shape index (κ1) is 19.2. The average molecular weight is 375 g/mol. The zero-order chi connectivity index (χ0) is 19.8. The van der Waals surface area contributed by atoms with E-state index in [0.29, 0.717) is 29.4 Å². The Labute approximate surface area is 163 Å². The number of hydrogen-bond donors (Lipinski definition) is 1. The molecule has 0 bridgehead atoms. The highest BCUT2D eigenvalue weighted by molar-refractivity contribution is 6.11. The van der Waals surface area contributed by atoms with Gasteiger partial charge in [-0.1, -0.05) is 48.5 Å². The lowest BCUT2D eigenvalue weighted by atomic mass is 10.1. The van der Waals surface area contributed by atoms with E-state index in [9.17, 15) is 9.59 Å². The third-order valence-corrected chi connectivity index (χ3v) is 4.08. The molecule has 1 amide bonds. The second kappa shape index (κ2) is 9.37. The molecule has 0 unspecified atom stereocenters. The summed E-state index contributed by atoms with van der Waals surface area (Å²) in [4.78, 5) is 24.6. The minimum Gasteiger partial charge on any atom is -0.497 e. The highest BCUT2D eigenvalue weighted by atomic mass is 16.5. The number of ketones is 1. The van der Waals surface area contributed by atoms with Crippen molar-refractivity contribution < 1.29 is 19.1 Å². The lowest BCUT2D eigenvalue weighted by molar-refractivity contribution is -0.115. The standard InChI is InChI=1S/C23H21NO4/c1-27-20-11-6-10-19(14-20)24-23(26)15-22(25)18-9-5-12-21(13-18)28-16-17-7-3-2-4-8-17/h2-14H,15-16H2,1H3,(H,24,26). The van der Waals surface area contributed by atoms with Gasteiger partial charge in [0.1, 0.15) is 18.1 Å². The van der Waals surface area contributed by atoms with Crippen LogP contribution >= 0.6 is 0 Å². The Bertz CT molecular complexity index is 954. The first-order chi connectivity index (χ1) is 13.6. The van der Waals surface area contributed by atoms with Crippen LogP contribution in [-0.2, 0) is 11.4 Å². The lowest BCUT2D eigenvalue weighted by Crippen LogP contribution is -2.16. The van der Waals surface area contributed by atoms with Crippen molar-refractivity contribution >= 4 is 17.4 Å². The van der Waals surface area contributed by atoms with E-state index in [1.54, 1.807) is 55.6 Å². The van der Waals surface area contributed by atoms with Crippen molar-refractivity contribution in [1.82, 2.24) is 0 Å². The van der Waals surface area contributed by atoms with Gasteiger partial charge >= 0.3 is 0 Å². The zero-order valence-corrected chi connectivity index (χ0v) is 15.6. The van der Waals surface area contributed by atoms with Crippen LogP contribution in [0.1, 0.15) is 22.3 Å². The molecule has 28 heavy (non-hydrogen) atoms. The number of nitrogens with one attached hydrogen (secondary N) is 1. The SMILES string of the molecule is COc1cccc(NC(=O)CC(=O)c2cccc(OCc3ccccc3)c2)c1. The third kappa shape index (κ3) is 5.45. The summed E-state index contributed by atoms with van der Waals surface area (Å²) >= 11 is 0. The molecule has 142 valence electrons. The predicted molar refractivity (Wildman–Crippen MR) is 108 cm³/mol. The van der Waals surface area contributed by atoms with Gasteiger partial charge in [0.05, 0.1) is 13.5 Å². The summed E-state index contributed by atoms with van der Waals surface area (Å²) in [5.74, 6) is 0.565. The molecule has 5 heteroatoms. The number of carbonyl (C=O) groups excluding carboxylic acids is 2. The number of anilines is 1. The average Bonchev–Trinajstić information content (AvgIpc) is 2.73. The molecule has 0 aliphatic heterocycles. The van der Waals surface area contributed by atoms with E-state index in [1.807, 2.05) is 30.3 Å². The lowest BCUT2D eigenvalue weighted by Gasteiger charge is -2.09. The van der Waals surface area contributed by atoms with Crippen LogP contribution in [-0.4, -0.2) is 18.8 Å². The molecular weight excluding hydrogens is 354 g/mol. The smallest absolute Gasteiger partial charge is 0.232 e. The van der Waals surface area contributed by atoms with Gasteiger partial charge in [0.2, 0.25) is 5.91 Å². The number of carbonyl (C=O) groups is 2. The van der Waals surface area contributed by atoms with Gasteiger partial charge in [0.15, 0.2) is 5.78 Å². The van der Waals surface area contributed by atoms with Gasteiger partial charge in [-0.2, -0.15) is 0 Å². The van der Waals surface area contributed by atoms with Gasteiger partial charge in [-0.15, -0.1) is 0 Å². The van der Waals surface area contributed by atoms with Crippen LogP contribution in [0, 0.1) is 0 Å². The minimum atomic E-state index is -0.381. The van der Waals surface area contributed by atoms with Gasteiger partial charge in [0, 0.05) is 17.3 Å². The second-order valence-electron chi connectivity index (χ2n) is 6.18. The Hall–Kier alpha value is -3.60. The van der Waals surface area contributed by atoms with Gasteiger partial charge in [-0.3, -0.25) is 9.59 Å². The van der Waals surface area contributed by atoms with Crippen LogP contribution in [0.4, 0.5) is 5.69 Å². The summed E-state index contributed by atoms with van der Waals surface area (Å²) in [5.41, 5.74) is 2.06. The highest BCUT2D eigenvalue weighted by Crippen LogP contribution is 2.19. The number of ether oxygens (including phenoxy) is 2. The fourth-order valence-electron chi connectivity index (χ4n) is 2.65. The van der Waals surface area contributed by atoms with E-state index in [-0.39, 0.29) is 18.1 Å². The maximum Gasteiger partial charge on any atom is 0.232 e. The molecule has 5 nitrogen and oxygen atoms in total. The maximum absolute atomic E-state index is 12.5. The summed E-state index contributed by atoms with van der Waals surface area (Å²) in [7, 11) is 1.55. The summed E-state index contributed by atoms with van der Waals surface area (Å²) < 4.78 is 10.9. The third-order valence-electron chi connectivity index (χ3n) is 4.08. The van der Waals surface area contributed by atoms with Crippen molar-refractivity contribution in [3.63, 3.8) is 0 Å². The second-order valence-corrected chi connectivity index (χ2v) is 6.18. The Morgan fingerprint density at radius 1 is 0.857 bits per heavy atom. The summed E-state index contributed by atoms with van der Waals surface area (Å²) in [6.07, 6.45) is -0.251. The van der Waals surface area contributed by atoms with Crippen molar-refractivity contribution in [2.24, 2.45) is 0 Å².